The first kappa shape index (κ1) is 15.3. The molecule has 1 aromatic carbocycles. The number of aromatic nitrogens is 1. The van der Waals surface area contributed by atoms with Gasteiger partial charge in [-0.3, -0.25) is 9.59 Å². The molecule has 0 unspecified atom stereocenters. The maximum atomic E-state index is 10.5. The number of rotatable bonds is 2. The van der Waals surface area contributed by atoms with Crippen LogP contribution in [0, 0.1) is 0 Å². The molecule has 3 rings (SSSR count). The molecule has 0 atom stereocenters. The summed E-state index contributed by atoms with van der Waals surface area (Å²) in [4.78, 5) is 23.2. The van der Waals surface area contributed by atoms with Crippen LogP contribution in [0.15, 0.2) is 71.4 Å². The van der Waals surface area contributed by atoms with Crippen LogP contribution in [0.25, 0.3) is 6.08 Å². The van der Waals surface area contributed by atoms with Gasteiger partial charge >= 0.3 is 5.97 Å². The predicted octanol–water partition coefficient (Wildman–Crippen LogP) is 2.83. The third kappa shape index (κ3) is 4.79. The third-order valence-corrected chi connectivity index (χ3v) is 2.72. The second kappa shape index (κ2) is 7.64. The van der Waals surface area contributed by atoms with E-state index in [1.165, 1.54) is 6.07 Å². The SMILES string of the molecule is O=C(O)CC1=CC=Cc2ccccc2O1.O=c1cccc[nH]1. The van der Waals surface area contributed by atoms with Crippen molar-refractivity contribution in [3.05, 3.63) is 82.5 Å². The van der Waals surface area contributed by atoms with Gasteiger partial charge in [-0.05, 0) is 18.2 Å². The molecule has 0 amide bonds. The van der Waals surface area contributed by atoms with Crippen molar-refractivity contribution >= 4 is 12.0 Å². The molecule has 2 aromatic rings. The fourth-order valence-electron chi connectivity index (χ4n) is 1.77. The van der Waals surface area contributed by atoms with Gasteiger partial charge in [0.25, 0.3) is 0 Å². The van der Waals surface area contributed by atoms with Crippen molar-refractivity contribution in [3.8, 4) is 5.75 Å². The zero-order chi connectivity index (χ0) is 15.8. The number of nitrogens with one attached hydrogen (secondary N) is 1. The number of ether oxygens (including phenoxy) is 1. The molecule has 5 heteroatoms. The van der Waals surface area contributed by atoms with Crippen molar-refractivity contribution < 1.29 is 14.6 Å². The number of carbonyl (C=O) groups is 1. The number of benzene rings is 1. The zero-order valence-corrected chi connectivity index (χ0v) is 11.7. The Balaban J connectivity index is 0.000000211. The Morgan fingerprint density at radius 1 is 1.14 bits per heavy atom. The van der Waals surface area contributed by atoms with Crippen LogP contribution in [0.5, 0.6) is 5.75 Å². The number of para-hydroxylation sites is 1. The molecule has 2 N–H and O–H groups in total. The van der Waals surface area contributed by atoms with E-state index in [0.717, 1.165) is 5.56 Å². The number of hydrogen-bond donors (Lipinski definition) is 2. The van der Waals surface area contributed by atoms with Gasteiger partial charge in [0.1, 0.15) is 17.9 Å². The molecule has 0 fully saturated rings. The maximum Gasteiger partial charge on any atom is 0.311 e. The number of H-pyrrole nitrogens is 1. The lowest BCUT2D eigenvalue weighted by Gasteiger charge is -2.08. The topological polar surface area (TPSA) is 79.4 Å². The van der Waals surface area contributed by atoms with Gasteiger partial charge < -0.3 is 14.8 Å². The molecule has 1 aromatic heterocycles. The molecule has 5 nitrogen and oxygen atoms in total. The van der Waals surface area contributed by atoms with Crippen LogP contribution in [0.2, 0.25) is 0 Å². The van der Waals surface area contributed by atoms with Crippen LogP contribution in [0.3, 0.4) is 0 Å². The van der Waals surface area contributed by atoms with E-state index in [0.29, 0.717) is 11.5 Å². The maximum absolute atomic E-state index is 10.5. The second-order valence-electron chi connectivity index (χ2n) is 4.43. The van der Waals surface area contributed by atoms with Crippen LogP contribution < -0.4 is 10.3 Å². The van der Waals surface area contributed by atoms with E-state index < -0.39 is 5.97 Å². The number of hydrogen-bond acceptors (Lipinski definition) is 3. The highest BCUT2D eigenvalue weighted by molar-refractivity contribution is 5.70. The molecule has 0 saturated carbocycles. The van der Waals surface area contributed by atoms with Crippen LogP contribution in [-0.2, 0) is 4.79 Å². The number of pyridine rings is 1. The minimum Gasteiger partial charge on any atom is -0.481 e. The summed E-state index contributed by atoms with van der Waals surface area (Å²) in [7, 11) is 0. The molecule has 22 heavy (non-hydrogen) atoms. The standard InChI is InChI=1S/C12H10O3.C5H5NO/c13-12(14)8-10-6-3-5-9-4-1-2-7-11(9)15-10;7-5-3-1-2-4-6-5/h1-7H,8H2,(H,13,14);1-4H,(H,6,7). The number of carboxylic acid groups (broad SMARTS) is 1. The smallest absolute Gasteiger partial charge is 0.311 e. The summed E-state index contributed by atoms with van der Waals surface area (Å²) < 4.78 is 5.49. The lowest BCUT2D eigenvalue weighted by Crippen LogP contribution is -2.03. The number of fused-ring (bicyclic) bond motifs is 1. The minimum absolute atomic E-state index is 0.0532. The third-order valence-electron chi connectivity index (χ3n) is 2.72. The second-order valence-corrected chi connectivity index (χ2v) is 4.43. The van der Waals surface area contributed by atoms with E-state index in [1.54, 1.807) is 30.5 Å². The summed E-state index contributed by atoms with van der Waals surface area (Å²) in [6, 6.07) is 12.4. The first-order valence-corrected chi connectivity index (χ1v) is 6.65. The fourth-order valence-corrected chi connectivity index (χ4v) is 1.77. The predicted molar refractivity (Wildman–Crippen MR) is 83.5 cm³/mol. The van der Waals surface area contributed by atoms with Gasteiger partial charge in [-0.2, -0.15) is 0 Å². The molecule has 112 valence electrons. The number of aliphatic carboxylic acids is 1. The van der Waals surface area contributed by atoms with Gasteiger partial charge in [-0.25, -0.2) is 0 Å². The quantitative estimate of drug-likeness (QED) is 0.893. The van der Waals surface area contributed by atoms with E-state index >= 15 is 0 Å². The Bertz CT molecular complexity index is 742. The zero-order valence-electron chi connectivity index (χ0n) is 11.7. The fraction of sp³-hybridized carbons (Fsp3) is 0.0588. The van der Waals surface area contributed by atoms with Crippen LogP contribution >= 0.6 is 0 Å². The lowest BCUT2D eigenvalue weighted by atomic mass is 10.2. The van der Waals surface area contributed by atoms with E-state index in [-0.39, 0.29) is 12.0 Å². The highest BCUT2D eigenvalue weighted by atomic mass is 16.5. The summed E-state index contributed by atoms with van der Waals surface area (Å²) >= 11 is 0. The number of aromatic amines is 1. The molecule has 0 spiro atoms. The minimum atomic E-state index is -0.894. The first-order chi connectivity index (χ1) is 10.6. The Labute approximate surface area is 127 Å². The summed E-state index contributed by atoms with van der Waals surface area (Å²) in [6.07, 6.45) is 6.86. The number of allylic oxidation sites excluding steroid dienone is 2. The summed E-state index contributed by atoms with van der Waals surface area (Å²) in [5.41, 5.74) is 0.900. The van der Waals surface area contributed by atoms with Crippen LogP contribution in [-0.4, -0.2) is 16.1 Å². The summed E-state index contributed by atoms with van der Waals surface area (Å²) in [6.45, 7) is 0. The highest BCUT2D eigenvalue weighted by Crippen LogP contribution is 2.25. The van der Waals surface area contributed by atoms with Gasteiger partial charge in [0, 0.05) is 17.8 Å². The molecule has 0 aliphatic carbocycles. The highest BCUT2D eigenvalue weighted by Gasteiger charge is 2.09. The molecule has 0 radical (unpaired) electrons. The van der Waals surface area contributed by atoms with Crippen LogP contribution in [0.4, 0.5) is 0 Å². The number of carboxylic acids is 1. The largest absolute Gasteiger partial charge is 0.481 e. The Hall–Kier alpha value is -3.08. The monoisotopic (exact) mass is 297 g/mol. The van der Waals surface area contributed by atoms with Crippen molar-refractivity contribution in [2.45, 2.75) is 6.42 Å². The summed E-state index contributed by atoms with van der Waals surface area (Å²) in [5.74, 6) is 0.247. The van der Waals surface area contributed by atoms with E-state index in [1.807, 2.05) is 30.3 Å². The molecule has 0 bridgehead atoms. The molecule has 2 heterocycles. The Morgan fingerprint density at radius 2 is 1.91 bits per heavy atom. The van der Waals surface area contributed by atoms with Crippen molar-refractivity contribution in [1.82, 2.24) is 4.98 Å². The summed E-state index contributed by atoms with van der Waals surface area (Å²) in [5, 5.41) is 8.66. The van der Waals surface area contributed by atoms with Crippen molar-refractivity contribution in [2.75, 3.05) is 0 Å². The van der Waals surface area contributed by atoms with E-state index in [2.05, 4.69) is 4.98 Å². The Kier molecular flexibility index (Phi) is 5.31. The molecular weight excluding hydrogens is 282 g/mol. The van der Waals surface area contributed by atoms with Crippen LogP contribution in [0.1, 0.15) is 12.0 Å². The molecule has 1 aliphatic rings. The van der Waals surface area contributed by atoms with Crippen molar-refractivity contribution in [1.29, 1.82) is 0 Å². The van der Waals surface area contributed by atoms with Gasteiger partial charge in [0.2, 0.25) is 5.56 Å². The Morgan fingerprint density at radius 3 is 2.55 bits per heavy atom. The van der Waals surface area contributed by atoms with E-state index in [9.17, 15) is 9.59 Å². The average Bonchev–Trinajstić information content (AvgIpc) is 2.69. The normalized spacial score (nSPS) is 11.9. The van der Waals surface area contributed by atoms with Crippen molar-refractivity contribution in [3.63, 3.8) is 0 Å². The molecule has 0 saturated heterocycles. The lowest BCUT2D eigenvalue weighted by molar-refractivity contribution is -0.136. The van der Waals surface area contributed by atoms with Gasteiger partial charge in [-0.15, -0.1) is 0 Å². The van der Waals surface area contributed by atoms with Crippen molar-refractivity contribution in [2.24, 2.45) is 0 Å². The molecular formula is C17H15NO4. The molecule has 1 aliphatic heterocycles. The van der Waals surface area contributed by atoms with E-state index in [4.69, 9.17) is 9.84 Å². The average molecular weight is 297 g/mol. The van der Waals surface area contributed by atoms with Gasteiger partial charge in [0.05, 0.1) is 0 Å². The van der Waals surface area contributed by atoms with Gasteiger partial charge in [0.15, 0.2) is 0 Å². The van der Waals surface area contributed by atoms with Gasteiger partial charge in [-0.1, -0.05) is 36.4 Å². The first-order valence-electron chi connectivity index (χ1n) is 6.65.